The number of rotatable bonds is 5. The molecule has 4 nitrogen and oxygen atoms in total. The molecule has 4 rings (SSSR count). The second kappa shape index (κ2) is 7.82. The van der Waals surface area contributed by atoms with Crippen LogP contribution in [0.5, 0.6) is 5.75 Å². The Morgan fingerprint density at radius 3 is 3.04 bits per heavy atom. The summed E-state index contributed by atoms with van der Waals surface area (Å²) >= 11 is 7.74. The molecule has 2 aliphatic heterocycles. The van der Waals surface area contributed by atoms with E-state index in [2.05, 4.69) is 6.07 Å². The maximum absolute atomic E-state index is 13.2. The van der Waals surface area contributed by atoms with Crippen molar-refractivity contribution in [2.45, 2.75) is 25.5 Å². The molecule has 1 unspecified atom stereocenters. The fourth-order valence-corrected chi connectivity index (χ4v) is 4.22. The zero-order valence-corrected chi connectivity index (χ0v) is 15.9. The third kappa shape index (κ3) is 3.95. The first-order valence-electron chi connectivity index (χ1n) is 8.75. The van der Waals surface area contributed by atoms with E-state index in [-0.39, 0.29) is 18.6 Å². The molecule has 26 heavy (non-hydrogen) atoms. The molecule has 3 heterocycles. The van der Waals surface area contributed by atoms with E-state index in [1.165, 1.54) is 0 Å². The first-order chi connectivity index (χ1) is 12.7. The number of carbonyl (C=O) groups excluding carboxylic acids is 1. The molecule has 0 aliphatic carbocycles. The van der Waals surface area contributed by atoms with Gasteiger partial charge in [-0.25, -0.2) is 0 Å². The third-order valence-corrected chi connectivity index (χ3v) is 5.72. The van der Waals surface area contributed by atoms with E-state index < -0.39 is 0 Å². The van der Waals surface area contributed by atoms with Crippen molar-refractivity contribution in [3.8, 4) is 5.75 Å². The van der Waals surface area contributed by atoms with Crippen LogP contribution in [0.25, 0.3) is 6.08 Å². The van der Waals surface area contributed by atoms with Crippen molar-refractivity contribution in [2.24, 2.45) is 0 Å². The molecular weight excluding hydrogens is 370 g/mol. The van der Waals surface area contributed by atoms with Crippen LogP contribution in [0.15, 0.2) is 41.3 Å². The van der Waals surface area contributed by atoms with Gasteiger partial charge in [0, 0.05) is 28.6 Å². The molecule has 6 heteroatoms. The number of amides is 1. The van der Waals surface area contributed by atoms with Crippen molar-refractivity contribution in [1.29, 1.82) is 0 Å². The molecule has 0 radical (unpaired) electrons. The van der Waals surface area contributed by atoms with Crippen LogP contribution in [-0.2, 0) is 16.1 Å². The zero-order chi connectivity index (χ0) is 17.9. The molecule has 1 aromatic carbocycles. The Labute approximate surface area is 162 Å². The molecule has 2 aliphatic rings. The fourth-order valence-electron chi connectivity index (χ4n) is 3.32. The molecule has 1 fully saturated rings. The van der Waals surface area contributed by atoms with Gasteiger partial charge in [-0.15, -0.1) is 11.3 Å². The number of nitrogens with zero attached hydrogens (tertiary/aromatic N) is 1. The Balaban J connectivity index is 1.56. The summed E-state index contributed by atoms with van der Waals surface area (Å²) in [5.41, 5.74) is 1.50. The van der Waals surface area contributed by atoms with Gasteiger partial charge in [0.05, 0.1) is 18.2 Å². The fraction of sp³-hybridized carbons (Fsp3) is 0.350. The highest BCUT2D eigenvalue weighted by Gasteiger charge is 2.27. The summed E-state index contributed by atoms with van der Waals surface area (Å²) in [6, 6.07) is 9.52. The van der Waals surface area contributed by atoms with E-state index in [0.717, 1.165) is 35.6 Å². The van der Waals surface area contributed by atoms with Crippen LogP contribution >= 0.6 is 22.9 Å². The van der Waals surface area contributed by atoms with E-state index in [9.17, 15) is 4.79 Å². The van der Waals surface area contributed by atoms with E-state index in [4.69, 9.17) is 21.1 Å². The van der Waals surface area contributed by atoms with Crippen LogP contribution in [0.2, 0.25) is 5.02 Å². The minimum absolute atomic E-state index is 0.000439. The van der Waals surface area contributed by atoms with Gasteiger partial charge in [0.1, 0.15) is 12.4 Å². The van der Waals surface area contributed by atoms with Gasteiger partial charge in [-0.3, -0.25) is 4.79 Å². The molecule has 0 bridgehead atoms. The lowest BCUT2D eigenvalue weighted by Gasteiger charge is -2.27. The van der Waals surface area contributed by atoms with Crippen LogP contribution in [0.3, 0.4) is 0 Å². The highest BCUT2D eigenvalue weighted by molar-refractivity contribution is 7.09. The number of thiophene rings is 1. The summed E-state index contributed by atoms with van der Waals surface area (Å²) in [4.78, 5) is 16.2. The normalized spacial score (nSPS) is 18.8. The lowest BCUT2D eigenvalue weighted by atomic mass is 10.1. The summed E-state index contributed by atoms with van der Waals surface area (Å²) in [5.74, 6) is 0.759. The molecule has 0 saturated carbocycles. The molecule has 2 aromatic rings. The Bertz CT molecular complexity index is 812. The molecule has 1 atom stereocenters. The van der Waals surface area contributed by atoms with Gasteiger partial charge < -0.3 is 14.4 Å². The zero-order valence-electron chi connectivity index (χ0n) is 14.3. The SMILES string of the molecule is O=C(C1=Cc2cc(Cl)ccc2OC1)N(Cc1cccs1)CC1CCCO1. The standard InChI is InChI=1S/C20H20ClNO3S/c21-16-5-6-19-14(10-16)9-15(13-25-19)20(23)22(11-17-3-1-7-24-17)12-18-4-2-8-26-18/h2,4-6,8-10,17H,1,3,7,11-13H2. The summed E-state index contributed by atoms with van der Waals surface area (Å²) < 4.78 is 11.5. The average molecular weight is 390 g/mol. The van der Waals surface area contributed by atoms with Crippen molar-refractivity contribution in [3.05, 3.63) is 56.7 Å². The lowest BCUT2D eigenvalue weighted by molar-refractivity contribution is -0.129. The van der Waals surface area contributed by atoms with Crippen molar-refractivity contribution >= 4 is 34.9 Å². The van der Waals surface area contributed by atoms with Crippen LogP contribution in [0.1, 0.15) is 23.3 Å². The van der Waals surface area contributed by atoms with E-state index in [1.54, 1.807) is 17.4 Å². The van der Waals surface area contributed by atoms with Crippen LogP contribution in [0.4, 0.5) is 0 Å². The number of benzene rings is 1. The number of hydrogen-bond acceptors (Lipinski definition) is 4. The monoisotopic (exact) mass is 389 g/mol. The van der Waals surface area contributed by atoms with Gasteiger partial charge in [0.25, 0.3) is 5.91 Å². The Hall–Kier alpha value is -1.82. The molecule has 1 amide bonds. The second-order valence-corrected chi connectivity index (χ2v) is 8.01. The predicted molar refractivity (Wildman–Crippen MR) is 104 cm³/mol. The summed E-state index contributed by atoms with van der Waals surface area (Å²) in [6.07, 6.45) is 4.07. The van der Waals surface area contributed by atoms with Gasteiger partial charge in [-0.1, -0.05) is 17.7 Å². The molecule has 1 aromatic heterocycles. The van der Waals surface area contributed by atoms with E-state index >= 15 is 0 Å². The molecule has 136 valence electrons. The van der Waals surface area contributed by atoms with Gasteiger partial charge in [0.2, 0.25) is 0 Å². The average Bonchev–Trinajstić information content (AvgIpc) is 3.34. The van der Waals surface area contributed by atoms with Crippen LogP contribution < -0.4 is 4.74 Å². The number of hydrogen-bond donors (Lipinski definition) is 0. The first-order valence-corrected chi connectivity index (χ1v) is 10.0. The number of ether oxygens (including phenoxy) is 2. The number of carbonyl (C=O) groups is 1. The summed E-state index contributed by atoms with van der Waals surface area (Å²) in [6.45, 7) is 2.26. The van der Waals surface area contributed by atoms with Gasteiger partial charge >= 0.3 is 0 Å². The lowest BCUT2D eigenvalue weighted by Crippen LogP contribution is -2.38. The molecular formula is C20H20ClNO3S. The van der Waals surface area contributed by atoms with Gasteiger partial charge in [0.15, 0.2) is 0 Å². The molecule has 1 saturated heterocycles. The van der Waals surface area contributed by atoms with Crippen LogP contribution in [-0.4, -0.2) is 36.7 Å². The van der Waals surface area contributed by atoms with Crippen LogP contribution in [0, 0.1) is 0 Å². The Kier molecular flexibility index (Phi) is 5.29. The van der Waals surface area contributed by atoms with E-state index in [0.29, 0.717) is 23.7 Å². The Morgan fingerprint density at radius 1 is 1.35 bits per heavy atom. The second-order valence-electron chi connectivity index (χ2n) is 6.54. The van der Waals surface area contributed by atoms with Crippen molar-refractivity contribution < 1.29 is 14.3 Å². The molecule has 0 N–H and O–H groups in total. The number of fused-ring (bicyclic) bond motifs is 1. The molecule has 0 spiro atoms. The number of halogens is 1. The highest BCUT2D eigenvalue weighted by atomic mass is 35.5. The smallest absolute Gasteiger partial charge is 0.253 e. The first kappa shape index (κ1) is 17.6. The highest BCUT2D eigenvalue weighted by Crippen LogP contribution is 2.30. The minimum atomic E-state index is -0.000439. The summed E-state index contributed by atoms with van der Waals surface area (Å²) in [7, 11) is 0. The topological polar surface area (TPSA) is 38.8 Å². The maximum atomic E-state index is 13.2. The minimum Gasteiger partial charge on any atom is -0.488 e. The quantitative estimate of drug-likeness (QED) is 0.761. The van der Waals surface area contributed by atoms with Gasteiger partial charge in [-0.2, -0.15) is 0 Å². The van der Waals surface area contributed by atoms with Crippen molar-refractivity contribution in [2.75, 3.05) is 19.8 Å². The van der Waals surface area contributed by atoms with Crippen molar-refractivity contribution in [3.63, 3.8) is 0 Å². The Morgan fingerprint density at radius 2 is 2.27 bits per heavy atom. The third-order valence-electron chi connectivity index (χ3n) is 4.62. The maximum Gasteiger partial charge on any atom is 0.253 e. The van der Waals surface area contributed by atoms with E-state index in [1.807, 2.05) is 34.6 Å². The summed E-state index contributed by atoms with van der Waals surface area (Å²) in [5, 5.41) is 2.66. The predicted octanol–water partition coefficient (Wildman–Crippen LogP) is 4.39. The largest absolute Gasteiger partial charge is 0.488 e. The van der Waals surface area contributed by atoms with Crippen molar-refractivity contribution in [1.82, 2.24) is 4.90 Å². The van der Waals surface area contributed by atoms with Gasteiger partial charge in [-0.05, 0) is 48.6 Å².